The lowest BCUT2D eigenvalue weighted by atomic mass is 9.91. The monoisotopic (exact) mass is 333 g/mol. The zero-order chi connectivity index (χ0) is 12.5. The maximum Gasteiger partial charge on any atom is 0.140 e. The van der Waals surface area contributed by atoms with E-state index in [4.69, 9.17) is 5.73 Å². The molecule has 1 heterocycles. The van der Waals surface area contributed by atoms with Gasteiger partial charge in [0.15, 0.2) is 0 Å². The van der Waals surface area contributed by atoms with Crippen molar-refractivity contribution in [3.8, 4) is 0 Å². The highest BCUT2D eigenvalue weighted by Gasteiger charge is 2.23. The number of hydrogen-bond donors (Lipinski definition) is 1. The van der Waals surface area contributed by atoms with Gasteiger partial charge in [-0.15, -0.1) is 0 Å². The quantitative estimate of drug-likeness (QED) is 0.843. The number of nitrogens with two attached hydrogens (primary N) is 1. The minimum Gasteiger partial charge on any atom is -0.383 e. The van der Waals surface area contributed by atoms with Crippen LogP contribution in [0.1, 0.15) is 58.5 Å². The second-order valence-electron chi connectivity index (χ2n) is 5.19. The van der Waals surface area contributed by atoms with Crippen molar-refractivity contribution in [3.63, 3.8) is 0 Å². The largest absolute Gasteiger partial charge is 0.383 e. The van der Waals surface area contributed by atoms with E-state index in [1.807, 2.05) is 0 Å². The summed E-state index contributed by atoms with van der Waals surface area (Å²) in [5.74, 6) is 1.83. The number of rotatable bonds is 2. The van der Waals surface area contributed by atoms with Crippen molar-refractivity contribution < 1.29 is 0 Å². The minimum atomic E-state index is 0.00972. The topological polar surface area (TPSA) is 51.8 Å². The molecule has 0 aliphatic carbocycles. The van der Waals surface area contributed by atoms with E-state index in [0.29, 0.717) is 11.7 Å². The fourth-order valence-corrected chi connectivity index (χ4v) is 2.43. The van der Waals surface area contributed by atoms with Crippen LogP contribution in [0.2, 0.25) is 0 Å². The lowest BCUT2D eigenvalue weighted by Crippen LogP contribution is -2.20. The summed E-state index contributed by atoms with van der Waals surface area (Å²) in [6.45, 7) is 10.7. The summed E-state index contributed by atoms with van der Waals surface area (Å²) in [4.78, 5) is 9.05. The first-order valence-electron chi connectivity index (χ1n) is 5.60. The molecule has 1 aromatic rings. The molecule has 90 valence electrons. The molecule has 1 atom stereocenters. The van der Waals surface area contributed by atoms with Crippen LogP contribution in [0, 0.1) is 3.57 Å². The molecule has 0 spiro atoms. The Morgan fingerprint density at radius 2 is 1.88 bits per heavy atom. The molecular formula is C12H20IN3. The molecule has 2 N–H and O–H groups in total. The summed E-state index contributed by atoms with van der Waals surface area (Å²) in [6, 6.07) is 0. The van der Waals surface area contributed by atoms with Gasteiger partial charge in [-0.2, -0.15) is 0 Å². The predicted molar refractivity (Wildman–Crippen MR) is 76.6 cm³/mol. The number of anilines is 1. The van der Waals surface area contributed by atoms with Gasteiger partial charge >= 0.3 is 0 Å². The molecule has 1 rings (SSSR count). The Labute approximate surface area is 111 Å². The molecule has 0 saturated carbocycles. The van der Waals surface area contributed by atoms with Gasteiger partial charge in [-0.3, -0.25) is 0 Å². The smallest absolute Gasteiger partial charge is 0.140 e. The van der Waals surface area contributed by atoms with Gasteiger partial charge in [-0.25, -0.2) is 9.97 Å². The van der Waals surface area contributed by atoms with Crippen LogP contribution in [0.25, 0.3) is 0 Å². The van der Waals surface area contributed by atoms with Crippen molar-refractivity contribution in [2.24, 2.45) is 0 Å². The molecule has 0 aliphatic heterocycles. The molecule has 0 amide bonds. The lowest BCUT2D eigenvalue weighted by molar-refractivity contribution is 0.550. The molecule has 1 unspecified atom stereocenters. The summed E-state index contributed by atoms with van der Waals surface area (Å²) in [6.07, 6.45) is 1.03. The Balaban J connectivity index is 3.33. The molecule has 0 saturated heterocycles. The van der Waals surface area contributed by atoms with Crippen LogP contribution >= 0.6 is 22.6 Å². The van der Waals surface area contributed by atoms with Crippen molar-refractivity contribution in [1.82, 2.24) is 9.97 Å². The molecule has 1 aromatic heterocycles. The van der Waals surface area contributed by atoms with Gasteiger partial charge in [-0.05, 0) is 29.0 Å². The molecule has 16 heavy (non-hydrogen) atoms. The predicted octanol–water partition coefficient (Wildman–Crippen LogP) is 3.47. The Hall–Kier alpha value is -0.390. The first-order valence-corrected chi connectivity index (χ1v) is 6.68. The highest BCUT2D eigenvalue weighted by Crippen LogP contribution is 2.29. The van der Waals surface area contributed by atoms with Crippen molar-refractivity contribution in [3.05, 3.63) is 15.1 Å². The van der Waals surface area contributed by atoms with Crippen LogP contribution in [0.5, 0.6) is 0 Å². The molecule has 0 aliphatic rings. The van der Waals surface area contributed by atoms with E-state index in [1.165, 1.54) is 0 Å². The van der Waals surface area contributed by atoms with Crippen molar-refractivity contribution >= 4 is 28.4 Å². The Morgan fingerprint density at radius 3 is 2.31 bits per heavy atom. The van der Waals surface area contributed by atoms with Gasteiger partial charge in [0, 0.05) is 11.3 Å². The third-order valence-corrected chi connectivity index (χ3v) is 3.72. The van der Waals surface area contributed by atoms with Gasteiger partial charge in [0.05, 0.1) is 9.26 Å². The summed E-state index contributed by atoms with van der Waals surface area (Å²) >= 11 is 2.23. The van der Waals surface area contributed by atoms with Crippen molar-refractivity contribution in [2.45, 2.75) is 52.4 Å². The maximum atomic E-state index is 5.95. The number of nitrogen functional groups attached to an aromatic ring is 1. The van der Waals surface area contributed by atoms with Crippen LogP contribution in [0.3, 0.4) is 0 Å². The SMILES string of the molecule is CCC(C)c1nc(N)c(I)c(C(C)(C)C)n1. The molecule has 0 bridgehead atoms. The number of halogens is 1. The molecule has 0 radical (unpaired) electrons. The summed E-state index contributed by atoms with van der Waals surface area (Å²) in [7, 11) is 0. The van der Waals surface area contributed by atoms with E-state index in [9.17, 15) is 0 Å². The van der Waals surface area contributed by atoms with Crippen LogP contribution in [0.4, 0.5) is 5.82 Å². The molecular weight excluding hydrogens is 313 g/mol. The molecule has 4 heteroatoms. The Bertz CT molecular complexity index is 383. The van der Waals surface area contributed by atoms with E-state index in [2.05, 4.69) is 67.2 Å². The van der Waals surface area contributed by atoms with E-state index < -0.39 is 0 Å². The van der Waals surface area contributed by atoms with Crippen molar-refractivity contribution in [2.75, 3.05) is 5.73 Å². The zero-order valence-corrected chi connectivity index (χ0v) is 12.8. The molecule has 3 nitrogen and oxygen atoms in total. The average molecular weight is 333 g/mol. The van der Waals surface area contributed by atoms with E-state index in [1.54, 1.807) is 0 Å². The van der Waals surface area contributed by atoms with Gasteiger partial charge in [0.1, 0.15) is 11.6 Å². The molecule has 0 aromatic carbocycles. The summed E-state index contributed by atoms with van der Waals surface area (Å²) in [5, 5.41) is 0. The second-order valence-corrected chi connectivity index (χ2v) is 6.27. The third-order valence-electron chi connectivity index (χ3n) is 2.66. The highest BCUT2D eigenvalue weighted by atomic mass is 127. The Morgan fingerprint density at radius 1 is 1.31 bits per heavy atom. The fourth-order valence-electron chi connectivity index (χ4n) is 1.38. The van der Waals surface area contributed by atoms with Gasteiger partial charge < -0.3 is 5.73 Å². The Kier molecular flexibility index (Phi) is 4.15. The summed E-state index contributed by atoms with van der Waals surface area (Å²) < 4.78 is 0.983. The second kappa shape index (κ2) is 4.85. The number of nitrogens with zero attached hydrogens (tertiary/aromatic N) is 2. The standard InChI is InChI=1S/C12H20IN3/c1-6-7(2)11-15-9(12(3,4)5)8(13)10(14)16-11/h7H,6H2,1-5H3,(H2,14,15,16). The van der Waals surface area contributed by atoms with E-state index >= 15 is 0 Å². The maximum absolute atomic E-state index is 5.95. The number of hydrogen-bond acceptors (Lipinski definition) is 3. The first kappa shape index (κ1) is 13.7. The zero-order valence-electron chi connectivity index (χ0n) is 10.6. The van der Waals surface area contributed by atoms with Gasteiger partial charge in [-0.1, -0.05) is 34.6 Å². The van der Waals surface area contributed by atoms with E-state index in [-0.39, 0.29) is 5.41 Å². The van der Waals surface area contributed by atoms with Crippen LogP contribution in [-0.4, -0.2) is 9.97 Å². The lowest BCUT2D eigenvalue weighted by Gasteiger charge is -2.22. The number of aromatic nitrogens is 2. The fraction of sp³-hybridized carbons (Fsp3) is 0.667. The minimum absolute atomic E-state index is 0.00972. The van der Waals surface area contributed by atoms with Gasteiger partial charge in [0.25, 0.3) is 0 Å². The normalized spacial score (nSPS) is 13.9. The average Bonchev–Trinajstić information content (AvgIpc) is 2.18. The third kappa shape index (κ3) is 2.84. The summed E-state index contributed by atoms with van der Waals surface area (Å²) in [5.41, 5.74) is 7.01. The first-order chi connectivity index (χ1) is 7.27. The van der Waals surface area contributed by atoms with Crippen LogP contribution in [-0.2, 0) is 5.41 Å². The molecule has 0 fully saturated rings. The van der Waals surface area contributed by atoms with Crippen molar-refractivity contribution in [1.29, 1.82) is 0 Å². The van der Waals surface area contributed by atoms with E-state index in [0.717, 1.165) is 21.5 Å². The van der Waals surface area contributed by atoms with Crippen LogP contribution < -0.4 is 5.73 Å². The van der Waals surface area contributed by atoms with Gasteiger partial charge in [0.2, 0.25) is 0 Å². The highest BCUT2D eigenvalue weighted by molar-refractivity contribution is 14.1. The van der Waals surface area contributed by atoms with Crippen LogP contribution in [0.15, 0.2) is 0 Å².